The normalized spacial score (nSPS) is 12.1. The second-order valence-corrected chi connectivity index (χ2v) is 8.17. The van der Waals surface area contributed by atoms with Crippen LogP contribution in [-0.2, 0) is 4.79 Å². The van der Waals surface area contributed by atoms with Crippen molar-refractivity contribution in [3.05, 3.63) is 83.9 Å². The molecule has 1 amide bonds. The van der Waals surface area contributed by atoms with Gasteiger partial charge < -0.3 is 5.32 Å². The van der Waals surface area contributed by atoms with Gasteiger partial charge in [0, 0.05) is 16.4 Å². The number of aromatic nitrogens is 2. The van der Waals surface area contributed by atoms with E-state index in [1.54, 1.807) is 24.3 Å². The molecule has 3 aromatic carbocycles. The van der Waals surface area contributed by atoms with Gasteiger partial charge in [-0.1, -0.05) is 60.6 Å². The summed E-state index contributed by atoms with van der Waals surface area (Å²) < 4.78 is 2.11. The van der Waals surface area contributed by atoms with E-state index in [-0.39, 0.29) is 11.2 Å². The van der Waals surface area contributed by atoms with Crippen LogP contribution in [0, 0.1) is 0 Å². The number of nitrogens with one attached hydrogen (secondary N) is 1. The van der Waals surface area contributed by atoms with Crippen molar-refractivity contribution in [2.45, 2.75) is 23.8 Å². The first kappa shape index (κ1) is 19.6. The highest BCUT2D eigenvalue weighted by Gasteiger charge is 2.22. The minimum atomic E-state index is -0.273. The number of amides is 1. The Morgan fingerprint density at radius 1 is 1.03 bits per heavy atom. The van der Waals surface area contributed by atoms with Gasteiger partial charge in [0.1, 0.15) is 0 Å². The fourth-order valence-corrected chi connectivity index (χ4v) is 4.29. The van der Waals surface area contributed by atoms with E-state index in [0.29, 0.717) is 11.4 Å². The van der Waals surface area contributed by atoms with Crippen LogP contribution >= 0.6 is 23.4 Å². The van der Waals surface area contributed by atoms with Gasteiger partial charge in [-0.2, -0.15) is 0 Å². The summed E-state index contributed by atoms with van der Waals surface area (Å²) in [5, 5.41) is 4.15. The molecule has 0 aliphatic rings. The maximum Gasteiger partial charge on any atom is 0.237 e. The van der Waals surface area contributed by atoms with Crippen LogP contribution in [0.25, 0.3) is 16.7 Å². The number of hydrogen-bond donors (Lipinski definition) is 1. The van der Waals surface area contributed by atoms with Crippen LogP contribution in [0.2, 0.25) is 5.02 Å². The van der Waals surface area contributed by atoms with Crippen molar-refractivity contribution >= 4 is 46.0 Å². The van der Waals surface area contributed by atoms with Crippen molar-refractivity contribution in [2.75, 3.05) is 5.32 Å². The Balaban J connectivity index is 1.65. The lowest BCUT2D eigenvalue weighted by Crippen LogP contribution is -2.25. The zero-order valence-corrected chi connectivity index (χ0v) is 17.5. The Morgan fingerprint density at radius 3 is 2.45 bits per heavy atom. The maximum absolute atomic E-state index is 12.9. The first-order valence-corrected chi connectivity index (χ1v) is 10.7. The topological polar surface area (TPSA) is 46.9 Å². The number of carbonyl (C=O) groups is 1. The second kappa shape index (κ2) is 8.72. The van der Waals surface area contributed by atoms with Crippen LogP contribution in [0.1, 0.15) is 13.3 Å². The number of rotatable bonds is 6. The molecule has 4 nitrogen and oxygen atoms in total. The molecule has 1 unspecified atom stereocenters. The molecule has 0 saturated carbocycles. The standard InChI is InChI=1S/C23H20ClN3OS/c1-2-21(22(28)25-17-14-12-16(24)13-15-17)29-23-26-19-10-6-7-11-20(19)27(23)18-8-4-3-5-9-18/h3-15,21H,2H2,1H3,(H,25,28). The molecule has 0 spiro atoms. The van der Waals surface area contributed by atoms with Crippen molar-refractivity contribution in [1.29, 1.82) is 0 Å². The first-order chi connectivity index (χ1) is 14.2. The number of benzene rings is 3. The molecule has 1 heterocycles. The molecule has 0 fully saturated rings. The van der Waals surface area contributed by atoms with Gasteiger partial charge in [0.15, 0.2) is 5.16 Å². The summed E-state index contributed by atoms with van der Waals surface area (Å²) in [4.78, 5) is 17.7. The Kier molecular flexibility index (Phi) is 5.88. The number of imidazole rings is 1. The Morgan fingerprint density at radius 2 is 1.72 bits per heavy atom. The monoisotopic (exact) mass is 421 g/mol. The summed E-state index contributed by atoms with van der Waals surface area (Å²) in [6, 6.07) is 25.2. The molecule has 0 saturated heterocycles. The van der Waals surface area contributed by atoms with Crippen LogP contribution in [0.15, 0.2) is 84.0 Å². The van der Waals surface area contributed by atoms with Gasteiger partial charge in [-0.05, 0) is 55.0 Å². The van der Waals surface area contributed by atoms with Gasteiger partial charge in [-0.15, -0.1) is 0 Å². The van der Waals surface area contributed by atoms with E-state index in [0.717, 1.165) is 27.6 Å². The van der Waals surface area contributed by atoms with Gasteiger partial charge >= 0.3 is 0 Å². The first-order valence-electron chi connectivity index (χ1n) is 9.41. The minimum absolute atomic E-state index is 0.0495. The van der Waals surface area contributed by atoms with Gasteiger partial charge in [0.05, 0.1) is 16.3 Å². The highest BCUT2D eigenvalue weighted by Crippen LogP contribution is 2.32. The lowest BCUT2D eigenvalue weighted by Gasteiger charge is -2.16. The Hall–Kier alpha value is -2.76. The molecule has 1 atom stereocenters. The Labute approximate surface area is 178 Å². The van der Waals surface area contributed by atoms with Gasteiger partial charge in [0.2, 0.25) is 5.91 Å². The van der Waals surface area contributed by atoms with E-state index in [1.807, 2.05) is 61.5 Å². The van der Waals surface area contributed by atoms with E-state index in [4.69, 9.17) is 16.6 Å². The van der Waals surface area contributed by atoms with Gasteiger partial charge in [-0.3, -0.25) is 9.36 Å². The molecule has 1 N–H and O–H groups in total. The van der Waals surface area contributed by atoms with Crippen molar-refractivity contribution in [2.24, 2.45) is 0 Å². The summed E-state index contributed by atoms with van der Waals surface area (Å²) in [5.74, 6) is -0.0495. The fourth-order valence-electron chi connectivity index (χ4n) is 3.11. The van der Waals surface area contributed by atoms with E-state index in [9.17, 15) is 4.79 Å². The average molecular weight is 422 g/mol. The lowest BCUT2D eigenvalue weighted by atomic mass is 10.3. The predicted molar refractivity (Wildman–Crippen MR) is 121 cm³/mol. The largest absolute Gasteiger partial charge is 0.325 e. The number of fused-ring (bicyclic) bond motifs is 1. The van der Waals surface area contributed by atoms with Crippen LogP contribution in [0.4, 0.5) is 5.69 Å². The second-order valence-electron chi connectivity index (χ2n) is 6.56. The third-order valence-corrected chi connectivity index (χ3v) is 6.14. The molecular weight excluding hydrogens is 402 g/mol. The predicted octanol–water partition coefficient (Wildman–Crippen LogP) is 6.19. The molecule has 4 aromatic rings. The number of hydrogen-bond acceptors (Lipinski definition) is 3. The molecule has 0 aliphatic carbocycles. The third kappa shape index (κ3) is 4.31. The highest BCUT2D eigenvalue weighted by atomic mass is 35.5. The summed E-state index contributed by atoms with van der Waals surface area (Å²) in [6.07, 6.45) is 0.683. The number of halogens is 1. The number of anilines is 1. The molecule has 0 radical (unpaired) electrons. The molecule has 4 rings (SSSR count). The molecular formula is C23H20ClN3OS. The van der Waals surface area contributed by atoms with Gasteiger partial charge in [-0.25, -0.2) is 4.98 Å². The average Bonchev–Trinajstić information content (AvgIpc) is 3.12. The van der Waals surface area contributed by atoms with Crippen LogP contribution < -0.4 is 5.32 Å². The smallest absolute Gasteiger partial charge is 0.237 e. The highest BCUT2D eigenvalue weighted by molar-refractivity contribution is 8.00. The van der Waals surface area contributed by atoms with Crippen molar-refractivity contribution in [3.63, 3.8) is 0 Å². The summed E-state index contributed by atoms with van der Waals surface area (Å²) in [6.45, 7) is 2.01. The third-order valence-electron chi connectivity index (χ3n) is 4.57. The number of carbonyl (C=O) groups excluding carboxylic acids is 1. The molecule has 29 heavy (non-hydrogen) atoms. The van der Waals surface area contributed by atoms with Crippen LogP contribution in [0.3, 0.4) is 0 Å². The molecule has 1 aromatic heterocycles. The Bertz CT molecular complexity index is 1130. The maximum atomic E-state index is 12.9. The van der Waals surface area contributed by atoms with Crippen LogP contribution in [0.5, 0.6) is 0 Å². The van der Waals surface area contributed by atoms with Crippen molar-refractivity contribution < 1.29 is 4.79 Å². The van der Waals surface area contributed by atoms with E-state index in [2.05, 4.69) is 9.88 Å². The quantitative estimate of drug-likeness (QED) is 0.377. The molecule has 6 heteroatoms. The summed E-state index contributed by atoms with van der Waals surface area (Å²) in [7, 11) is 0. The minimum Gasteiger partial charge on any atom is -0.325 e. The van der Waals surface area contributed by atoms with Crippen LogP contribution in [-0.4, -0.2) is 20.7 Å². The SMILES string of the molecule is CCC(Sc1nc2ccccc2n1-c1ccccc1)C(=O)Nc1ccc(Cl)cc1. The van der Waals surface area contributed by atoms with E-state index >= 15 is 0 Å². The van der Waals surface area contributed by atoms with E-state index < -0.39 is 0 Å². The molecule has 146 valence electrons. The summed E-state index contributed by atoms with van der Waals surface area (Å²) in [5.41, 5.74) is 3.69. The van der Waals surface area contributed by atoms with Crippen molar-refractivity contribution in [3.8, 4) is 5.69 Å². The zero-order chi connectivity index (χ0) is 20.2. The lowest BCUT2D eigenvalue weighted by molar-refractivity contribution is -0.115. The molecule has 0 bridgehead atoms. The number of nitrogens with zero attached hydrogens (tertiary/aromatic N) is 2. The number of para-hydroxylation sites is 3. The molecule has 0 aliphatic heterocycles. The summed E-state index contributed by atoms with van der Waals surface area (Å²) >= 11 is 7.41. The van der Waals surface area contributed by atoms with Gasteiger partial charge in [0.25, 0.3) is 0 Å². The fraction of sp³-hybridized carbons (Fsp3) is 0.130. The zero-order valence-electron chi connectivity index (χ0n) is 15.9. The van der Waals surface area contributed by atoms with Crippen molar-refractivity contribution in [1.82, 2.24) is 9.55 Å². The number of thioether (sulfide) groups is 1. The van der Waals surface area contributed by atoms with E-state index in [1.165, 1.54) is 11.8 Å².